The van der Waals surface area contributed by atoms with Gasteiger partial charge in [0, 0.05) is 12.1 Å². The second-order valence-electron chi connectivity index (χ2n) is 8.93. The summed E-state index contributed by atoms with van der Waals surface area (Å²) in [5.74, 6) is 0.681. The monoisotopic (exact) mass is 353 g/mol. The second-order valence-corrected chi connectivity index (χ2v) is 8.93. The minimum Gasteiger partial charge on any atom is -0.492 e. The van der Waals surface area contributed by atoms with E-state index in [1.165, 1.54) is 5.56 Å². The van der Waals surface area contributed by atoms with Crippen molar-refractivity contribution in [3.63, 3.8) is 0 Å². The van der Waals surface area contributed by atoms with Crippen LogP contribution in [0, 0.1) is 5.41 Å². The van der Waals surface area contributed by atoms with Gasteiger partial charge < -0.3 is 25.8 Å². The summed E-state index contributed by atoms with van der Waals surface area (Å²) >= 11 is 0. The predicted molar refractivity (Wildman–Crippen MR) is 101 cm³/mol. The number of aliphatic hydroxyl groups is 3. The quantitative estimate of drug-likeness (QED) is 0.602. The molecule has 0 amide bonds. The van der Waals surface area contributed by atoms with Gasteiger partial charge in [-0.25, -0.2) is 0 Å². The molecule has 0 aliphatic rings. The first-order valence-corrected chi connectivity index (χ1v) is 8.78. The summed E-state index contributed by atoms with van der Waals surface area (Å²) in [6.45, 7) is 12.2. The number of hydrogen-bond donors (Lipinski definition) is 4. The standard InChI is InChI=1S/C20H35NO4/c1-18(2,3)15-7-8-16(17(14(15)9-21)19(4,5)6)25-13-20(10-22,11-23)12-24/h7-8,22-24H,9-13,21H2,1-6H3. The number of nitrogens with two attached hydrogens (primary N) is 1. The molecule has 5 nitrogen and oxygen atoms in total. The van der Waals surface area contributed by atoms with Crippen molar-refractivity contribution >= 4 is 0 Å². The Bertz CT molecular complexity index is 558. The van der Waals surface area contributed by atoms with Crippen LogP contribution in [0.2, 0.25) is 0 Å². The molecule has 0 heterocycles. The molecule has 0 unspecified atom stereocenters. The molecule has 1 rings (SSSR count). The van der Waals surface area contributed by atoms with Crippen LogP contribution in [-0.2, 0) is 17.4 Å². The van der Waals surface area contributed by atoms with Crippen molar-refractivity contribution in [1.82, 2.24) is 0 Å². The molecule has 0 fully saturated rings. The lowest BCUT2D eigenvalue weighted by Crippen LogP contribution is -2.40. The molecule has 144 valence electrons. The van der Waals surface area contributed by atoms with Gasteiger partial charge in [-0.1, -0.05) is 47.6 Å². The Balaban J connectivity index is 3.42. The van der Waals surface area contributed by atoms with E-state index in [4.69, 9.17) is 10.5 Å². The van der Waals surface area contributed by atoms with Crippen molar-refractivity contribution in [1.29, 1.82) is 0 Å². The summed E-state index contributed by atoms with van der Waals surface area (Å²) in [5, 5.41) is 28.5. The van der Waals surface area contributed by atoms with Crippen molar-refractivity contribution < 1.29 is 20.1 Å². The smallest absolute Gasteiger partial charge is 0.123 e. The molecule has 0 bridgehead atoms. The summed E-state index contributed by atoms with van der Waals surface area (Å²) in [6, 6.07) is 3.96. The highest BCUT2D eigenvalue weighted by atomic mass is 16.5. The van der Waals surface area contributed by atoms with Gasteiger partial charge in [0.15, 0.2) is 0 Å². The molecule has 0 spiro atoms. The first-order valence-electron chi connectivity index (χ1n) is 8.78. The van der Waals surface area contributed by atoms with E-state index in [2.05, 4.69) is 41.5 Å². The van der Waals surface area contributed by atoms with E-state index in [1.807, 2.05) is 12.1 Å². The maximum Gasteiger partial charge on any atom is 0.123 e. The average Bonchev–Trinajstić information content (AvgIpc) is 2.53. The third-order valence-corrected chi connectivity index (χ3v) is 4.58. The van der Waals surface area contributed by atoms with Crippen LogP contribution in [0.4, 0.5) is 0 Å². The maximum absolute atomic E-state index is 9.52. The van der Waals surface area contributed by atoms with Gasteiger partial charge in [-0.3, -0.25) is 0 Å². The molecule has 25 heavy (non-hydrogen) atoms. The Morgan fingerprint density at radius 3 is 1.76 bits per heavy atom. The molecule has 0 radical (unpaired) electrons. The number of benzene rings is 1. The van der Waals surface area contributed by atoms with Crippen LogP contribution in [-0.4, -0.2) is 41.7 Å². The fourth-order valence-electron chi connectivity index (χ4n) is 3.00. The minimum atomic E-state index is -1.07. The van der Waals surface area contributed by atoms with Crippen LogP contribution >= 0.6 is 0 Å². The highest BCUT2D eigenvalue weighted by molar-refractivity contribution is 5.51. The van der Waals surface area contributed by atoms with Gasteiger partial charge in [-0.15, -0.1) is 0 Å². The summed E-state index contributed by atoms with van der Waals surface area (Å²) < 4.78 is 5.98. The SMILES string of the molecule is CC(C)(C)c1ccc(OCC(CO)(CO)CO)c(C(C)(C)C)c1CN. The second kappa shape index (κ2) is 8.04. The third kappa shape index (κ3) is 4.94. The van der Waals surface area contributed by atoms with E-state index in [1.54, 1.807) is 0 Å². The molecule has 0 aliphatic carbocycles. The molecule has 0 aromatic heterocycles. The zero-order valence-corrected chi connectivity index (χ0v) is 16.5. The topological polar surface area (TPSA) is 95.9 Å². The van der Waals surface area contributed by atoms with Crippen molar-refractivity contribution in [2.45, 2.75) is 58.9 Å². The fraction of sp³-hybridized carbons (Fsp3) is 0.700. The lowest BCUT2D eigenvalue weighted by Gasteiger charge is -2.33. The highest BCUT2D eigenvalue weighted by Crippen LogP contribution is 2.40. The first-order chi connectivity index (χ1) is 11.5. The van der Waals surface area contributed by atoms with E-state index in [0.29, 0.717) is 12.3 Å². The van der Waals surface area contributed by atoms with E-state index >= 15 is 0 Å². The maximum atomic E-state index is 9.52. The minimum absolute atomic E-state index is 0.0262. The predicted octanol–water partition coefficient (Wildman–Crippen LogP) is 2.08. The third-order valence-electron chi connectivity index (χ3n) is 4.58. The van der Waals surface area contributed by atoms with Gasteiger partial charge in [-0.2, -0.15) is 0 Å². The Morgan fingerprint density at radius 2 is 1.40 bits per heavy atom. The van der Waals surface area contributed by atoms with E-state index in [-0.39, 0.29) is 37.3 Å². The number of aliphatic hydroxyl groups excluding tert-OH is 3. The van der Waals surface area contributed by atoms with E-state index in [0.717, 1.165) is 11.1 Å². The molecule has 1 aromatic rings. The van der Waals surface area contributed by atoms with Gasteiger partial charge in [0.1, 0.15) is 12.4 Å². The van der Waals surface area contributed by atoms with Gasteiger partial charge in [0.25, 0.3) is 0 Å². The van der Waals surface area contributed by atoms with Crippen LogP contribution in [0.1, 0.15) is 58.2 Å². The molecule has 0 atom stereocenters. The zero-order valence-electron chi connectivity index (χ0n) is 16.5. The molecule has 1 aromatic carbocycles. The molecule has 5 heteroatoms. The first kappa shape index (κ1) is 21.9. The molecular weight excluding hydrogens is 318 g/mol. The lowest BCUT2D eigenvalue weighted by molar-refractivity contribution is -0.0262. The van der Waals surface area contributed by atoms with Crippen molar-refractivity contribution in [2.24, 2.45) is 11.1 Å². The van der Waals surface area contributed by atoms with E-state index in [9.17, 15) is 15.3 Å². The number of hydrogen-bond acceptors (Lipinski definition) is 5. The van der Waals surface area contributed by atoms with E-state index < -0.39 is 5.41 Å². The largest absolute Gasteiger partial charge is 0.492 e. The van der Waals surface area contributed by atoms with Crippen LogP contribution < -0.4 is 10.5 Å². The van der Waals surface area contributed by atoms with Crippen LogP contribution in [0.5, 0.6) is 5.75 Å². The summed E-state index contributed by atoms with van der Waals surface area (Å²) in [4.78, 5) is 0. The molecule has 0 aliphatic heterocycles. The zero-order chi connectivity index (χ0) is 19.5. The van der Waals surface area contributed by atoms with Gasteiger partial charge in [0.2, 0.25) is 0 Å². The average molecular weight is 354 g/mol. The summed E-state index contributed by atoms with van der Waals surface area (Å²) in [6.07, 6.45) is 0. The van der Waals surface area contributed by atoms with Crippen LogP contribution in [0.15, 0.2) is 12.1 Å². The Hall–Kier alpha value is -1.14. The van der Waals surface area contributed by atoms with Gasteiger partial charge in [0.05, 0.1) is 25.2 Å². The lowest BCUT2D eigenvalue weighted by atomic mass is 9.75. The van der Waals surface area contributed by atoms with Crippen molar-refractivity contribution in [2.75, 3.05) is 26.4 Å². The van der Waals surface area contributed by atoms with Crippen LogP contribution in [0.25, 0.3) is 0 Å². The molecule has 0 saturated carbocycles. The van der Waals surface area contributed by atoms with Gasteiger partial charge in [-0.05, 0) is 28.0 Å². The van der Waals surface area contributed by atoms with Crippen molar-refractivity contribution in [3.05, 3.63) is 28.8 Å². The molecular formula is C20H35NO4. The van der Waals surface area contributed by atoms with Crippen molar-refractivity contribution in [3.8, 4) is 5.75 Å². The molecule has 0 saturated heterocycles. The number of ether oxygens (including phenoxy) is 1. The normalized spacial score (nSPS) is 13.2. The van der Waals surface area contributed by atoms with Crippen LogP contribution in [0.3, 0.4) is 0 Å². The number of rotatable bonds is 7. The highest BCUT2D eigenvalue weighted by Gasteiger charge is 2.32. The molecule has 5 N–H and O–H groups in total. The summed E-state index contributed by atoms with van der Waals surface area (Å²) in [5.41, 5.74) is 8.08. The Labute approximate surface area is 151 Å². The Morgan fingerprint density at radius 1 is 0.880 bits per heavy atom. The fourth-order valence-corrected chi connectivity index (χ4v) is 3.00. The Kier molecular flexibility index (Phi) is 7.04. The summed E-state index contributed by atoms with van der Waals surface area (Å²) in [7, 11) is 0. The van der Waals surface area contributed by atoms with Gasteiger partial charge >= 0.3 is 0 Å².